The predicted octanol–water partition coefficient (Wildman–Crippen LogP) is 3.14. The molecule has 1 saturated heterocycles. The summed E-state index contributed by atoms with van der Waals surface area (Å²) < 4.78 is 60.5. The third-order valence-electron chi connectivity index (χ3n) is 5.49. The first-order chi connectivity index (χ1) is 16.1. The van der Waals surface area contributed by atoms with Crippen molar-refractivity contribution in [1.29, 1.82) is 0 Å². The maximum atomic E-state index is 13.4. The molecule has 1 aliphatic rings. The Kier molecular flexibility index (Phi) is 9.38. The maximum Gasteiger partial charge on any atom is 0.320 e. The zero-order chi connectivity index (χ0) is 24.5. The van der Waals surface area contributed by atoms with Gasteiger partial charge in [0.15, 0.2) is 5.60 Å². The van der Waals surface area contributed by atoms with Gasteiger partial charge in [-0.25, -0.2) is 17.2 Å². The Balaban J connectivity index is 0.00000228. The van der Waals surface area contributed by atoms with E-state index in [1.807, 2.05) is 0 Å². The summed E-state index contributed by atoms with van der Waals surface area (Å²) in [6.45, 7) is -0.242. The smallest absolute Gasteiger partial charge is 0.320 e. The quantitative estimate of drug-likeness (QED) is 0.433. The maximum absolute atomic E-state index is 13.4. The number of halogens is 4. The van der Waals surface area contributed by atoms with Gasteiger partial charge in [-0.2, -0.15) is 4.31 Å². The van der Waals surface area contributed by atoms with Crippen molar-refractivity contribution in [3.63, 3.8) is 0 Å². The van der Waals surface area contributed by atoms with Gasteiger partial charge in [-0.15, -0.1) is 24.8 Å². The number of hydrogen-bond acceptors (Lipinski definition) is 6. The molecular weight excluding hydrogens is 539 g/mol. The van der Waals surface area contributed by atoms with Gasteiger partial charge in [0.1, 0.15) is 23.4 Å². The topological polar surface area (TPSA) is 123 Å². The summed E-state index contributed by atoms with van der Waals surface area (Å²) in [6.07, 6.45) is 0.979. The van der Waals surface area contributed by atoms with Crippen LogP contribution in [0.3, 0.4) is 0 Å². The summed E-state index contributed by atoms with van der Waals surface area (Å²) in [5.74, 6) is -1.90. The van der Waals surface area contributed by atoms with Crippen LogP contribution in [0.1, 0.15) is 11.3 Å². The predicted molar refractivity (Wildman–Crippen MR) is 132 cm³/mol. The summed E-state index contributed by atoms with van der Waals surface area (Å²) >= 11 is 0. The lowest BCUT2D eigenvalue weighted by molar-refractivity contribution is -0.138. The second-order valence-corrected chi connectivity index (χ2v) is 9.92. The van der Waals surface area contributed by atoms with E-state index >= 15 is 0 Å². The molecule has 0 aliphatic carbocycles. The first-order valence-corrected chi connectivity index (χ1v) is 11.7. The molecule has 0 amide bonds. The van der Waals surface area contributed by atoms with Crippen LogP contribution in [0.25, 0.3) is 0 Å². The molecule has 1 atom stereocenters. The Hall–Kier alpha value is -2.83. The lowest BCUT2D eigenvalue weighted by Gasteiger charge is -2.48. The summed E-state index contributed by atoms with van der Waals surface area (Å²) in [5.41, 5.74) is 5.15. The van der Waals surface area contributed by atoms with Crippen LogP contribution in [-0.2, 0) is 26.8 Å². The molecule has 0 saturated carbocycles. The molecule has 2 aromatic carbocycles. The molecule has 0 bridgehead atoms. The second kappa shape index (κ2) is 11.5. The highest BCUT2D eigenvalue weighted by Gasteiger charge is 2.53. The molecule has 8 nitrogen and oxygen atoms in total. The number of carbonyl (C=O) groups is 1. The monoisotopic (exact) mass is 561 g/mol. The van der Waals surface area contributed by atoms with Crippen molar-refractivity contribution >= 4 is 40.8 Å². The highest BCUT2D eigenvalue weighted by Crippen LogP contribution is 2.39. The standard InChI is InChI=1S/C23H21F2N3O5S.2ClH/c24-16-4-7-18(8-5-16)33-23(21-9-6-17(25)12-27-21)13-28(14-23)34(31,32)19-3-1-2-15(10-19)11-20(26)22(29)30;;/h1-10,12,20H,11,13-14,26H2,(H,29,30);2*1H/t20-;;/m0../s1. The molecular formula is C23H23Cl2F2N3O5S. The normalized spacial score (nSPS) is 15.5. The molecule has 13 heteroatoms. The van der Waals surface area contributed by atoms with E-state index in [2.05, 4.69) is 4.98 Å². The van der Waals surface area contributed by atoms with Gasteiger partial charge in [-0.1, -0.05) is 12.1 Å². The number of benzene rings is 2. The third kappa shape index (κ3) is 6.11. The Morgan fingerprint density at radius 2 is 1.72 bits per heavy atom. The van der Waals surface area contributed by atoms with Crippen LogP contribution >= 0.6 is 24.8 Å². The summed E-state index contributed by atoms with van der Waals surface area (Å²) in [5, 5.41) is 9.01. The van der Waals surface area contributed by atoms with Gasteiger partial charge < -0.3 is 15.6 Å². The number of aliphatic carboxylic acids is 1. The molecule has 1 fully saturated rings. The van der Waals surface area contributed by atoms with Crippen LogP contribution in [0.15, 0.2) is 71.8 Å². The molecule has 2 heterocycles. The number of carboxylic acid groups (broad SMARTS) is 1. The van der Waals surface area contributed by atoms with E-state index in [9.17, 15) is 22.0 Å². The van der Waals surface area contributed by atoms with Gasteiger partial charge in [-0.3, -0.25) is 9.78 Å². The minimum absolute atomic E-state index is 0. The van der Waals surface area contributed by atoms with Gasteiger partial charge in [-0.05, 0) is 60.5 Å². The molecule has 1 aliphatic heterocycles. The molecule has 194 valence electrons. The molecule has 0 unspecified atom stereocenters. The van der Waals surface area contributed by atoms with Crippen molar-refractivity contribution in [2.24, 2.45) is 5.73 Å². The van der Waals surface area contributed by atoms with Crippen molar-refractivity contribution in [3.8, 4) is 5.75 Å². The average Bonchev–Trinajstić information content (AvgIpc) is 2.78. The molecule has 3 aromatic rings. The van der Waals surface area contributed by atoms with E-state index in [1.165, 1.54) is 58.9 Å². The zero-order valence-electron chi connectivity index (χ0n) is 18.6. The Morgan fingerprint density at radius 3 is 2.31 bits per heavy atom. The number of nitrogens with zero attached hydrogens (tertiary/aromatic N) is 2. The Bertz CT molecular complexity index is 1310. The Morgan fingerprint density at radius 1 is 1.08 bits per heavy atom. The first kappa shape index (κ1) is 29.4. The van der Waals surface area contributed by atoms with Gasteiger partial charge in [0.05, 0.1) is 29.9 Å². The van der Waals surface area contributed by atoms with E-state index in [-0.39, 0.29) is 49.2 Å². The van der Waals surface area contributed by atoms with Crippen molar-refractivity contribution in [3.05, 3.63) is 89.8 Å². The van der Waals surface area contributed by atoms with E-state index in [0.29, 0.717) is 17.0 Å². The van der Waals surface area contributed by atoms with Gasteiger partial charge in [0, 0.05) is 0 Å². The van der Waals surface area contributed by atoms with Crippen molar-refractivity contribution in [2.45, 2.75) is 23.0 Å². The first-order valence-electron chi connectivity index (χ1n) is 10.2. The number of aromatic nitrogens is 1. The van der Waals surface area contributed by atoms with E-state index in [4.69, 9.17) is 15.6 Å². The van der Waals surface area contributed by atoms with Crippen molar-refractivity contribution in [1.82, 2.24) is 9.29 Å². The number of pyridine rings is 1. The van der Waals surface area contributed by atoms with E-state index in [0.717, 1.165) is 6.20 Å². The fourth-order valence-electron chi connectivity index (χ4n) is 3.67. The summed E-state index contributed by atoms with van der Waals surface area (Å²) in [6, 6.07) is 12.6. The fourth-order valence-corrected chi connectivity index (χ4v) is 5.28. The minimum atomic E-state index is -3.96. The summed E-state index contributed by atoms with van der Waals surface area (Å²) in [7, 11) is -3.96. The van der Waals surface area contributed by atoms with Crippen molar-refractivity contribution < 1.29 is 31.8 Å². The second-order valence-electron chi connectivity index (χ2n) is 7.98. The SMILES string of the molecule is Cl.Cl.N[C@@H](Cc1cccc(S(=O)(=O)N2CC(Oc3ccc(F)cc3)(c3ccc(F)cn3)C2)c1)C(=O)O. The summed E-state index contributed by atoms with van der Waals surface area (Å²) in [4.78, 5) is 15.1. The number of ether oxygens (including phenoxy) is 1. The lowest BCUT2D eigenvalue weighted by atomic mass is 9.91. The number of sulfonamides is 1. The molecule has 3 N–H and O–H groups in total. The highest BCUT2D eigenvalue weighted by atomic mass is 35.5. The number of carboxylic acids is 1. The molecule has 4 rings (SSSR count). The van der Waals surface area contributed by atoms with Gasteiger partial charge in [0.2, 0.25) is 10.0 Å². The lowest BCUT2D eigenvalue weighted by Crippen LogP contribution is -2.64. The minimum Gasteiger partial charge on any atom is -0.480 e. The van der Waals surface area contributed by atoms with Crippen LogP contribution < -0.4 is 10.5 Å². The van der Waals surface area contributed by atoms with Gasteiger partial charge in [0.25, 0.3) is 0 Å². The largest absolute Gasteiger partial charge is 0.480 e. The Labute approximate surface area is 219 Å². The van der Waals surface area contributed by atoms with E-state index < -0.39 is 39.3 Å². The molecule has 36 heavy (non-hydrogen) atoms. The number of nitrogens with two attached hydrogens (primary N) is 1. The number of hydrogen-bond donors (Lipinski definition) is 2. The zero-order valence-corrected chi connectivity index (χ0v) is 21.0. The van der Waals surface area contributed by atoms with Crippen molar-refractivity contribution in [2.75, 3.05) is 13.1 Å². The van der Waals surface area contributed by atoms with Crippen LogP contribution in [0.2, 0.25) is 0 Å². The van der Waals surface area contributed by atoms with Gasteiger partial charge >= 0.3 is 5.97 Å². The van der Waals surface area contributed by atoms with E-state index in [1.54, 1.807) is 6.07 Å². The van der Waals surface area contributed by atoms with Crippen LogP contribution in [-0.4, -0.2) is 47.9 Å². The highest BCUT2D eigenvalue weighted by molar-refractivity contribution is 7.89. The molecule has 0 radical (unpaired) electrons. The van der Waals surface area contributed by atoms with Crippen LogP contribution in [0.4, 0.5) is 8.78 Å². The average molecular weight is 562 g/mol. The van der Waals surface area contributed by atoms with Crippen LogP contribution in [0, 0.1) is 11.6 Å². The molecule has 1 aromatic heterocycles. The molecule has 0 spiro atoms. The third-order valence-corrected chi connectivity index (χ3v) is 7.28. The number of rotatable bonds is 8. The fraction of sp³-hybridized carbons (Fsp3) is 0.217. The van der Waals surface area contributed by atoms with Crippen LogP contribution in [0.5, 0.6) is 5.75 Å².